The molecular weight excluding hydrogens is 487 g/mol. The van der Waals surface area contributed by atoms with E-state index in [1.807, 2.05) is 13.0 Å². The van der Waals surface area contributed by atoms with Crippen LogP contribution in [0, 0.1) is 24.6 Å². The number of aromatic carboxylic acids is 1. The van der Waals surface area contributed by atoms with Gasteiger partial charge in [0.15, 0.2) is 0 Å². The topological polar surface area (TPSA) is 88.1 Å². The molecule has 0 heterocycles. The van der Waals surface area contributed by atoms with Gasteiger partial charge in [-0.2, -0.15) is 0 Å². The molecule has 0 radical (unpaired) electrons. The molecule has 2 amide bonds. The molecule has 0 aliphatic heterocycles. The first-order valence-electron chi connectivity index (χ1n) is 13.5. The number of urea groups is 1. The van der Waals surface area contributed by atoms with Crippen LogP contribution in [-0.4, -0.2) is 53.9 Å². The number of benzene rings is 2. The number of nitrogens with zero attached hydrogens (tertiary/aromatic N) is 1. The number of hydrogen-bond donors (Lipinski definition) is 2. The van der Waals surface area contributed by atoms with Crippen molar-refractivity contribution in [2.75, 3.05) is 25.1 Å². The lowest BCUT2D eigenvalue weighted by Gasteiger charge is -2.33. The summed E-state index contributed by atoms with van der Waals surface area (Å²) in [7, 11) is 0. The standard InChI is InChI=1S/C30H41FN2O5/c1-20(2)22(4)33(30(36)32-26-13-11-25(31)12-14-26)15-16-38-27-10-6-8-23(17-27)18-37-19-24-9-5-7-21(3)28(24)29(34)35/h5,7,9,11-14,20,22-23,27H,6,8,10,15-19H2,1-4H3,(H,32,36)(H,34,35). The number of aryl methyl sites for hydroxylation is 1. The number of ether oxygens (including phenoxy) is 2. The lowest BCUT2D eigenvalue weighted by Crippen LogP contribution is -2.46. The van der Waals surface area contributed by atoms with Gasteiger partial charge < -0.3 is 24.8 Å². The van der Waals surface area contributed by atoms with Gasteiger partial charge in [-0.25, -0.2) is 14.0 Å². The lowest BCUT2D eigenvalue weighted by atomic mass is 9.88. The maximum absolute atomic E-state index is 13.2. The zero-order valence-electron chi connectivity index (χ0n) is 22.9. The average Bonchev–Trinajstić information content (AvgIpc) is 2.87. The predicted octanol–water partition coefficient (Wildman–Crippen LogP) is 6.50. The molecule has 38 heavy (non-hydrogen) atoms. The van der Waals surface area contributed by atoms with E-state index in [0.29, 0.717) is 42.5 Å². The molecular formula is C30H41FN2O5. The summed E-state index contributed by atoms with van der Waals surface area (Å²) < 4.78 is 25.4. The minimum Gasteiger partial charge on any atom is -0.478 e. The highest BCUT2D eigenvalue weighted by molar-refractivity contribution is 5.91. The van der Waals surface area contributed by atoms with Crippen molar-refractivity contribution < 1.29 is 28.6 Å². The molecule has 3 atom stereocenters. The molecule has 2 aromatic carbocycles. The maximum atomic E-state index is 13.2. The van der Waals surface area contributed by atoms with Crippen LogP contribution in [0.2, 0.25) is 0 Å². The van der Waals surface area contributed by atoms with Crippen LogP contribution in [0.25, 0.3) is 0 Å². The van der Waals surface area contributed by atoms with E-state index in [1.165, 1.54) is 12.1 Å². The molecule has 2 aromatic rings. The molecule has 8 heteroatoms. The van der Waals surface area contributed by atoms with E-state index < -0.39 is 5.97 Å². The highest BCUT2D eigenvalue weighted by Crippen LogP contribution is 2.27. The molecule has 0 bridgehead atoms. The second-order valence-electron chi connectivity index (χ2n) is 10.6. The van der Waals surface area contributed by atoms with Gasteiger partial charge in [-0.05, 0) is 80.3 Å². The maximum Gasteiger partial charge on any atom is 0.336 e. The van der Waals surface area contributed by atoms with Gasteiger partial charge in [0.25, 0.3) is 0 Å². The van der Waals surface area contributed by atoms with Crippen LogP contribution in [0.4, 0.5) is 14.9 Å². The van der Waals surface area contributed by atoms with Crippen LogP contribution in [0.1, 0.15) is 67.9 Å². The van der Waals surface area contributed by atoms with E-state index in [-0.39, 0.29) is 36.5 Å². The van der Waals surface area contributed by atoms with Gasteiger partial charge in [-0.15, -0.1) is 0 Å². The molecule has 1 aliphatic rings. The van der Waals surface area contributed by atoms with Crippen molar-refractivity contribution in [2.45, 2.75) is 72.1 Å². The number of amides is 2. The molecule has 1 fully saturated rings. The Labute approximate surface area is 225 Å². The fraction of sp³-hybridized carbons (Fsp3) is 0.533. The quantitative estimate of drug-likeness (QED) is 0.328. The van der Waals surface area contributed by atoms with Crippen molar-refractivity contribution in [3.63, 3.8) is 0 Å². The molecule has 3 rings (SSSR count). The summed E-state index contributed by atoms with van der Waals surface area (Å²) in [5.74, 6) is -0.667. The van der Waals surface area contributed by atoms with Crippen molar-refractivity contribution in [2.24, 2.45) is 11.8 Å². The third kappa shape index (κ3) is 8.53. The van der Waals surface area contributed by atoms with Crippen molar-refractivity contribution in [1.82, 2.24) is 4.90 Å². The number of hydrogen-bond acceptors (Lipinski definition) is 4. The summed E-state index contributed by atoms with van der Waals surface area (Å²) in [6.45, 7) is 9.68. The van der Waals surface area contributed by atoms with E-state index in [1.54, 1.807) is 36.1 Å². The Balaban J connectivity index is 1.48. The zero-order chi connectivity index (χ0) is 27.7. The van der Waals surface area contributed by atoms with Gasteiger partial charge in [0, 0.05) is 24.9 Å². The van der Waals surface area contributed by atoms with Crippen molar-refractivity contribution in [3.8, 4) is 0 Å². The zero-order valence-corrected chi connectivity index (χ0v) is 22.9. The van der Waals surface area contributed by atoms with Crippen LogP contribution in [0.5, 0.6) is 0 Å². The molecule has 7 nitrogen and oxygen atoms in total. The van der Waals surface area contributed by atoms with E-state index in [4.69, 9.17) is 9.47 Å². The first-order chi connectivity index (χ1) is 18.2. The van der Waals surface area contributed by atoms with E-state index in [9.17, 15) is 19.1 Å². The van der Waals surface area contributed by atoms with Crippen molar-refractivity contribution in [3.05, 3.63) is 65.0 Å². The summed E-state index contributed by atoms with van der Waals surface area (Å²) in [6, 6.07) is 11.0. The Bertz CT molecular complexity index is 1060. The Morgan fingerprint density at radius 1 is 1.13 bits per heavy atom. The average molecular weight is 529 g/mol. The number of carboxylic acid groups (broad SMARTS) is 1. The molecule has 1 saturated carbocycles. The van der Waals surface area contributed by atoms with Crippen LogP contribution >= 0.6 is 0 Å². The van der Waals surface area contributed by atoms with Gasteiger partial charge in [-0.1, -0.05) is 38.5 Å². The first-order valence-corrected chi connectivity index (χ1v) is 13.5. The first kappa shape index (κ1) is 29.6. The van der Waals surface area contributed by atoms with Gasteiger partial charge in [0.1, 0.15) is 5.82 Å². The summed E-state index contributed by atoms with van der Waals surface area (Å²) in [4.78, 5) is 26.4. The molecule has 0 saturated heterocycles. The van der Waals surface area contributed by atoms with Crippen LogP contribution in [-0.2, 0) is 16.1 Å². The fourth-order valence-corrected chi connectivity index (χ4v) is 4.93. The fourth-order valence-electron chi connectivity index (χ4n) is 4.93. The van der Waals surface area contributed by atoms with Gasteiger partial charge in [0.05, 0.1) is 24.9 Å². The van der Waals surface area contributed by atoms with Gasteiger partial charge in [-0.3, -0.25) is 0 Å². The third-order valence-electron chi connectivity index (χ3n) is 7.42. The number of carbonyl (C=O) groups excluding carboxylic acids is 1. The summed E-state index contributed by atoms with van der Waals surface area (Å²) in [6.07, 6.45) is 4.04. The Morgan fingerprint density at radius 3 is 2.55 bits per heavy atom. The van der Waals surface area contributed by atoms with Crippen LogP contribution in [0.3, 0.4) is 0 Å². The SMILES string of the molecule is Cc1cccc(COCC2CCCC(OCCN(C(=O)Nc3ccc(F)cc3)C(C)C(C)C)C2)c1C(=O)O. The number of nitrogens with one attached hydrogen (secondary N) is 1. The van der Waals surface area contributed by atoms with E-state index in [0.717, 1.165) is 31.2 Å². The highest BCUT2D eigenvalue weighted by Gasteiger charge is 2.26. The molecule has 0 spiro atoms. The van der Waals surface area contributed by atoms with Gasteiger partial charge >= 0.3 is 12.0 Å². The van der Waals surface area contributed by atoms with Crippen molar-refractivity contribution in [1.29, 1.82) is 0 Å². The minimum absolute atomic E-state index is 0.00358. The number of carboxylic acids is 1. The summed E-state index contributed by atoms with van der Waals surface area (Å²) >= 11 is 0. The normalized spacial score (nSPS) is 18.3. The van der Waals surface area contributed by atoms with E-state index >= 15 is 0 Å². The van der Waals surface area contributed by atoms with Crippen LogP contribution in [0.15, 0.2) is 42.5 Å². The minimum atomic E-state index is -0.931. The van der Waals surface area contributed by atoms with E-state index in [2.05, 4.69) is 19.2 Å². The monoisotopic (exact) mass is 528 g/mol. The number of anilines is 1. The summed E-state index contributed by atoms with van der Waals surface area (Å²) in [5, 5.41) is 12.4. The van der Waals surface area contributed by atoms with Crippen molar-refractivity contribution >= 4 is 17.7 Å². The third-order valence-corrected chi connectivity index (χ3v) is 7.42. The van der Waals surface area contributed by atoms with Gasteiger partial charge in [0.2, 0.25) is 0 Å². The number of halogens is 1. The molecule has 1 aliphatic carbocycles. The molecule has 208 valence electrons. The Kier molecular flexibility index (Phi) is 11.1. The second kappa shape index (κ2) is 14.3. The smallest absolute Gasteiger partial charge is 0.336 e. The molecule has 3 unspecified atom stereocenters. The van der Waals surface area contributed by atoms with Crippen LogP contribution < -0.4 is 5.32 Å². The lowest BCUT2D eigenvalue weighted by molar-refractivity contribution is -0.0162. The highest BCUT2D eigenvalue weighted by atomic mass is 19.1. The number of carbonyl (C=O) groups is 2. The molecule has 2 N–H and O–H groups in total. The largest absolute Gasteiger partial charge is 0.478 e. The summed E-state index contributed by atoms with van der Waals surface area (Å²) in [5.41, 5.74) is 2.30. The Morgan fingerprint density at radius 2 is 1.87 bits per heavy atom. The number of rotatable bonds is 12. The second-order valence-corrected chi connectivity index (χ2v) is 10.6. The molecule has 0 aromatic heterocycles. The predicted molar refractivity (Wildman–Crippen MR) is 146 cm³/mol. The Hall–Kier alpha value is -2.97.